The summed E-state index contributed by atoms with van der Waals surface area (Å²) in [5, 5.41) is 10.4. The first kappa shape index (κ1) is 22.7. The fraction of sp³-hybridized carbons (Fsp3) is 0.346. The van der Waals surface area contributed by atoms with Crippen molar-refractivity contribution in [2.45, 2.75) is 38.1 Å². The molecule has 1 fully saturated rings. The molecule has 0 bridgehead atoms. The Kier molecular flexibility index (Phi) is 6.18. The first-order valence-electron chi connectivity index (χ1n) is 11.5. The Morgan fingerprint density at radius 1 is 1.24 bits per heavy atom. The summed E-state index contributed by atoms with van der Waals surface area (Å²) in [4.78, 5) is 19.4. The molecule has 8 heteroatoms. The molecule has 1 saturated heterocycles. The van der Waals surface area contributed by atoms with Crippen LogP contribution < -0.4 is 5.32 Å². The second kappa shape index (κ2) is 9.27. The third kappa shape index (κ3) is 4.23. The Balaban J connectivity index is 1.49. The van der Waals surface area contributed by atoms with Gasteiger partial charge in [0.1, 0.15) is 5.82 Å². The largest absolute Gasteiger partial charge is 0.381 e. The molecule has 4 heterocycles. The summed E-state index contributed by atoms with van der Waals surface area (Å²) in [5.41, 5.74) is 2.73. The number of halogens is 1. The topological polar surface area (TPSA) is 69.0 Å². The van der Waals surface area contributed by atoms with E-state index in [0.717, 1.165) is 34.4 Å². The van der Waals surface area contributed by atoms with Crippen LogP contribution in [0.4, 0.5) is 4.39 Å². The van der Waals surface area contributed by atoms with Gasteiger partial charge in [-0.2, -0.15) is 5.10 Å². The van der Waals surface area contributed by atoms with Gasteiger partial charge < -0.3 is 10.1 Å². The number of nitrogens with one attached hydrogen (secondary N) is 1. The standard InChI is InChI=1S/C26H27FN4O2S/c1-17(2)31-24-21(15-29-31)20(14-22(30-24)23-4-3-13-34-23)25(32)28-16-26(9-11-33-12-10-26)18-5-7-19(27)8-6-18/h3-8,13-15,17H,9-12,16H2,1-2H3,(H,28,32). The molecule has 0 radical (unpaired) electrons. The Bertz CT molecular complexity index is 1290. The summed E-state index contributed by atoms with van der Waals surface area (Å²) in [6.07, 6.45) is 3.24. The van der Waals surface area contributed by atoms with Crippen molar-refractivity contribution < 1.29 is 13.9 Å². The number of ether oxygens (including phenoxy) is 1. The van der Waals surface area contributed by atoms with Crippen molar-refractivity contribution in [3.8, 4) is 10.6 Å². The molecular weight excluding hydrogens is 451 g/mol. The van der Waals surface area contributed by atoms with Gasteiger partial charge in [-0.1, -0.05) is 18.2 Å². The van der Waals surface area contributed by atoms with E-state index < -0.39 is 0 Å². The molecule has 176 valence electrons. The number of fused-ring (bicyclic) bond motifs is 1. The molecule has 1 N–H and O–H groups in total. The number of amides is 1. The van der Waals surface area contributed by atoms with Crippen LogP contribution in [0.15, 0.2) is 54.0 Å². The zero-order valence-corrected chi connectivity index (χ0v) is 20.1. The minimum atomic E-state index is -0.299. The number of carbonyl (C=O) groups is 1. The van der Waals surface area contributed by atoms with Crippen molar-refractivity contribution in [3.63, 3.8) is 0 Å². The number of hydrogen-bond donors (Lipinski definition) is 1. The van der Waals surface area contributed by atoms with E-state index in [1.807, 2.05) is 54.2 Å². The summed E-state index contributed by atoms with van der Waals surface area (Å²) in [6, 6.07) is 12.5. The van der Waals surface area contributed by atoms with Gasteiger partial charge in [-0.3, -0.25) is 4.79 Å². The first-order chi connectivity index (χ1) is 16.5. The lowest BCUT2D eigenvalue weighted by Gasteiger charge is -2.38. The zero-order chi connectivity index (χ0) is 23.7. The van der Waals surface area contributed by atoms with Gasteiger partial charge in [-0.05, 0) is 61.9 Å². The summed E-state index contributed by atoms with van der Waals surface area (Å²) >= 11 is 1.59. The zero-order valence-electron chi connectivity index (χ0n) is 19.3. The maximum absolute atomic E-state index is 13.6. The number of carbonyl (C=O) groups excluding carboxylic acids is 1. The van der Waals surface area contributed by atoms with E-state index in [0.29, 0.717) is 31.0 Å². The predicted molar refractivity (Wildman–Crippen MR) is 132 cm³/mol. The third-order valence-corrected chi connectivity index (χ3v) is 7.46. The lowest BCUT2D eigenvalue weighted by molar-refractivity contribution is 0.0487. The van der Waals surface area contributed by atoms with Crippen LogP contribution in [0.3, 0.4) is 0 Å². The average Bonchev–Trinajstić information content (AvgIpc) is 3.53. The molecule has 6 nitrogen and oxygen atoms in total. The molecule has 1 aromatic carbocycles. The lowest BCUT2D eigenvalue weighted by Crippen LogP contribution is -2.44. The Labute approximate surface area is 201 Å². The molecule has 0 unspecified atom stereocenters. The van der Waals surface area contributed by atoms with E-state index in [4.69, 9.17) is 9.72 Å². The molecule has 1 amide bonds. The van der Waals surface area contributed by atoms with E-state index in [1.165, 1.54) is 12.1 Å². The summed E-state index contributed by atoms with van der Waals surface area (Å²) in [6.45, 7) is 5.75. The van der Waals surface area contributed by atoms with Crippen LogP contribution in [0.25, 0.3) is 21.6 Å². The van der Waals surface area contributed by atoms with Crippen molar-refractivity contribution in [3.05, 3.63) is 71.0 Å². The first-order valence-corrected chi connectivity index (χ1v) is 12.4. The van der Waals surface area contributed by atoms with Gasteiger partial charge in [0.2, 0.25) is 0 Å². The summed E-state index contributed by atoms with van der Waals surface area (Å²) in [7, 11) is 0. The molecule has 1 aliphatic heterocycles. The number of benzene rings is 1. The van der Waals surface area contributed by atoms with Crippen molar-refractivity contribution in [1.82, 2.24) is 20.1 Å². The smallest absolute Gasteiger partial charge is 0.252 e. The molecule has 1 aliphatic rings. The highest BCUT2D eigenvalue weighted by Gasteiger charge is 2.35. The maximum Gasteiger partial charge on any atom is 0.252 e. The van der Waals surface area contributed by atoms with Crippen LogP contribution in [0.5, 0.6) is 0 Å². The molecular formula is C26H27FN4O2S. The second-order valence-electron chi connectivity index (χ2n) is 9.03. The van der Waals surface area contributed by atoms with Crippen LogP contribution in [0.2, 0.25) is 0 Å². The Morgan fingerprint density at radius 2 is 2.00 bits per heavy atom. The molecule has 3 aromatic heterocycles. The monoisotopic (exact) mass is 478 g/mol. The molecule has 4 aromatic rings. The molecule has 0 spiro atoms. The maximum atomic E-state index is 13.6. The lowest BCUT2D eigenvalue weighted by atomic mass is 9.74. The highest BCUT2D eigenvalue weighted by atomic mass is 32.1. The minimum absolute atomic E-state index is 0.114. The fourth-order valence-corrected chi connectivity index (χ4v) is 5.30. The molecule has 0 saturated carbocycles. The summed E-state index contributed by atoms with van der Waals surface area (Å²) < 4.78 is 21.0. The SMILES string of the molecule is CC(C)n1ncc2c(C(=O)NCC3(c4ccc(F)cc4)CCOCC3)cc(-c3cccs3)nc21. The van der Waals surface area contributed by atoms with Crippen molar-refractivity contribution >= 4 is 28.3 Å². The highest BCUT2D eigenvalue weighted by molar-refractivity contribution is 7.13. The van der Waals surface area contributed by atoms with Crippen LogP contribution in [-0.2, 0) is 10.2 Å². The van der Waals surface area contributed by atoms with E-state index in [-0.39, 0.29) is 23.2 Å². The molecule has 5 rings (SSSR count). The van der Waals surface area contributed by atoms with E-state index in [1.54, 1.807) is 17.5 Å². The van der Waals surface area contributed by atoms with E-state index >= 15 is 0 Å². The van der Waals surface area contributed by atoms with Crippen LogP contribution in [0.1, 0.15) is 48.7 Å². The van der Waals surface area contributed by atoms with Gasteiger partial charge in [0.05, 0.1) is 27.7 Å². The second-order valence-corrected chi connectivity index (χ2v) is 9.98. The van der Waals surface area contributed by atoms with Crippen molar-refractivity contribution in [1.29, 1.82) is 0 Å². The number of pyridine rings is 1. The molecule has 0 aliphatic carbocycles. The highest BCUT2D eigenvalue weighted by Crippen LogP contribution is 2.35. The quantitative estimate of drug-likeness (QED) is 0.405. The van der Waals surface area contributed by atoms with Gasteiger partial charge in [-0.25, -0.2) is 14.1 Å². The van der Waals surface area contributed by atoms with E-state index in [2.05, 4.69) is 10.4 Å². The summed E-state index contributed by atoms with van der Waals surface area (Å²) in [5.74, 6) is -0.432. The Hall–Kier alpha value is -3.10. The van der Waals surface area contributed by atoms with Crippen LogP contribution in [-0.4, -0.2) is 40.4 Å². The number of thiophene rings is 1. The minimum Gasteiger partial charge on any atom is -0.381 e. The third-order valence-electron chi connectivity index (χ3n) is 6.57. The van der Waals surface area contributed by atoms with Crippen LogP contribution >= 0.6 is 11.3 Å². The number of hydrogen-bond acceptors (Lipinski definition) is 5. The number of rotatable bonds is 6. The van der Waals surface area contributed by atoms with Gasteiger partial charge in [0.25, 0.3) is 5.91 Å². The van der Waals surface area contributed by atoms with Crippen molar-refractivity contribution in [2.24, 2.45) is 0 Å². The fourth-order valence-electron chi connectivity index (χ4n) is 4.61. The van der Waals surface area contributed by atoms with Crippen LogP contribution in [0, 0.1) is 5.82 Å². The van der Waals surface area contributed by atoms with E-state index in [9.17, 15) is 9.18 Å². The normalized spacial score (nSPS) is 15.6. The van der Waals surface area contributed by atoms with Gasteiger partial charge in [0.15, 0.2) is 5.65 Å². The number of nitrogens with zero attached hydrogens (tertiary/aromatic N) is 3. The van der Waals surface area contributed by atoms with Gasteiger partial charge in [0, 0.05) is 31.2 Å². The van der Waals surface area contributed by atoms with Gasteiger partial charge in [-0.15, -0.1) is 11.3 Å². The van der Waals surface area contributed by atoms with Crippen molar-refractivity contribution in [2.75, 3.05) is 19.8 Å². The Morgan fingerprint density at radius 3 is 2.68 bits per heavy atom. The molecule has 34 heavy (non-hydrogen) atoms. The predicted octanol–water partition coefficient (Wildman–Crippen LogP) is 5.36. The number of aromatic nitrogens is 3. The average molecular weight is 479 g/mol. The molecule has 0 atom stereocenters. The van der Waals surface area contributed by atoms with Gasteiger partial charge >= 0.3 is 0 Å².